The van der Waals surface area contributed by atoms with Gasteiger partial charge in [-0.1, -0.05) is 38.2 Å². The van der Waals surface area contributed by atoms with Crippen LogP contribution in [-0.2, 0) is 40.5 Å². The van der Waals surface area contributed by atoms with E-state index >= 15 is 0 Å². The maximum absolute atomic E-state index is 13.1. The number of nitrogens with one attached hydrogen (secondary N) is 4. The fourth-order valence-corrected chi connectivity index (χ4v) is 9.11. The number of carbonyl (C=O) groups excluding carboxylic acids is 4. The van der Waals surface area contributed by atoms with E-state index in [1.807, 2.05) is 6.07 Å². The summed E-state index contributed by atoms with van der Waals surface area (Å²) in [6.45, 7) is 2.26. The van der Waals surface area contributed by atoms with E-state index in [2.05, 4.69) is 26.2 Å². The Morgan fingerprint density at radius 2 is 1.46 bits per heavy atom. The number of phenolic OH excluding ortho intramolecular Hbond substituents is 1. The van der Waals surface area contributed by atoms with Crippen molar-refractivity contribution in [3.05, 3.63) is 23.3 Å². The fourth-order valence-electron chi connectivity index (χ4n) is 9.11. The zero-order valence-electron chi connectivity index (χ0n) is 30.5. The molecular weight excluding hydrogens is 670 g/mol. The van der Waals surface area contributed by atoms with Crippen LogP contribution in [0.5, 0.6) is 11.5 Å². The van der Waals surface area contributed by atoms with Gasteiger partial charge >= 0.3 is 0 Å². The van der Waals surface area contributed by atoms with Gasteiger partial charge in [0.25, 0.3) is 0 Å². The van der Waals surface area contributed by atoms with Crippen LogP contribution in [0.3, 0.4) is 0 Å². The Balaban J connectivity index is 0.848. The van der Waals surface area contributed by atoms with Crippen molar-refractivity contribution in [2.75, 3.05) is 59.7 Å². The fraction of sp³-hybridized carbons (Fsp3) is 0.737. The minimum Gasteiger partial charge on any atom is -0.504 e. The molecule has 6 N–H and O–H groups in total. The maximum atomic E-state index is 13.1. The first kappa shape index (κ1) is 38.3. The summed E-state index contributed by atoms with van der Waals surface area (Å²) in [4.78, 5) is 50.7. The van der Waals surface area contributed by atoms with Crippen molar-refractivity contribution < 1.29 is 43.6 Å². The first-order valence-electron chi connectivity index (χ1n) is 19.3. The molecule has 6 rings (SSSR count). The van der Waals surface area contributed by atoms with E-state index in [9.17, 15) is 29.4 Å². The van der Waals surface area contributed by atoms with Gasteiger partial charge in [0.05, 0.1) is 17.1 Å². The highest BCUT2D eigenvalue weighted by Crippen LogP contribution is 2.65. The lowest BCUT2D eigenvalue weighted by Crippen LogP contribution is -2.78. The van der Waals surface area contributed by atoms with Gasteiger partial charge in [0.2, 0.25) is 23.6 Å². The molecule has 0 aromatic heterocycles. The Bertz CT molecular complexity index is 1460. The zero-order chi connectivity index (χ0) is 36.7. The van der Waals surface area contributed by atoms with Crippen molar-refractivity contribution in [2.45, 2.75) is 113 Å². The monoisotopic (exact) mass is 727 g/mol. The minimum atomic E-state index is -1.01. The Labute approximate surface area is 306 Å². The zero-order valence-corrected chi connectivity index (χ0v) is 30.5. The Hall–Kier alpha value is -3.46. The normalized spacial score (nSPS) is 26.9. The number of aliphatic hydroxyl groups is 1. The van der Waals surface area contributed by atoms with Crippen LogP contribution in [-0.4, -0.2) is 122 Å². The van der Waals surface area contributed by atoms with Crippen molar-refractivity contribution >= 4 is 23.6 Å². The molecule has 3 aliphatic carbocycles. The van der Waals surface area contributed by atoms with E-state index in [1.54, 1.807) is 6.07 Å². The van der Waals surface area contributed by atoms with Crippen LogP contribution in [0.15, 0.2) is 12.1 Å². The van der Waals surface area contributed by atoms with Gasteiger partial charge in [0.1, 0.15) is 32.5 Å². The number of amides is 4. The van der Waals surface area contributed by atoms with Crippen molar-refractivity contribution in [1.82, 2.24) is 26.2 Å². The van der Waals surface area contributed by atoms with Gasteiger partial charge in [-0.25, -0.2) is 0 Å². The molecule has 1 saturated heterocycles. The highest BCUT2D eigenvalue weighted by atomic mass is 16.5. The van der Waals surface area contributed by atoms with E-state index in [4.69, 9.17) is 14.2 Å². The number of piperidine rings is 1. The number of unbranched alkanes of at least 4 members (excludes halogenated alkanes) is 6. The van der Waals surface area contributed by atoms with Crippen molar-refractivity contribution in [2.24, 2.45) is 5.92 Å². The lowest BCUT2D eigenvalue weighted by Gasteiger charge is -2.64. The number of aromatic hydroxyl groups is 1. The second-order valence-corrected chi connectivity index (χ2v) is 15.3. The molecular formula is C38H57N5O9. The lowest BCUT2D eigenvalue weighted by atomic mass is 9.48. The molecule has 52 heavy (non-hydrogen) atoms. The van der Waals surface area contributed by atoms with Crippen molar-refractivity contribution in [3.63, 3.8) is 0 Å². The second-order valence-electron chi connectivity index (χ2n) is 15.3. The summed E-state index contributed by atoms with van der Waals surface area (Å²) in [5, 5.41) is 34.6. The number of ether oxygens (including phenoxy) is 3. The first-order valence-corrected chi connectivity index (χ1v) is 19.3. The first-order chi connectivity index (χ1) is 25.2. The molecule has 2 saturated carbocycles. The molecule has 0 radical (unpaired) electrons. The Morgan fingerprint density at radius 3 is 2.10 bits per heavy atom. The highest BCUT2D eigenvalue weighted by molar-refractivity contribution is 5.80. The van der Waals surface area contributed by atoms with E-state index < -0.39 is 17.1 Å². The number of hydrogen-bond donors (Lipinski definition) is 6. The molecule has 2 aliphatic heterocycles. The third kappa shape index (κ3) is 8.35. The smallest absolute Gasteiger partial charge is 0.246 e. The minimum absolute atomic E-state index is 0.0253. The van der Waals surface area contributed by atoms with E-state index in [-0.39, 0.29) is 67.9 Å². The number of phenols is 1. The van der Waals surface area contributed by atoms with Crippen LogP contribution in [0, 0.1) is 5.92 Å². The topological polar surface area (TPSA) is 188 Å². The van der Waals surface area contributed by atoms with Gasteiger partial charge < -0.3 is 45.7 Å². The number of rotatable bonds is 21. The molecule has 1 aromatic rings. The van der Waals surface area contributed by atoms with Crippen molar-refractivity contribution in [1.29, 1.82) is 0 Å². The van der Waals surface area contributed by atoms with Gasteiger partial charge in [0, 0.05) is 38.3 Å². The molecule has 1 aromatic carbocycles. The summed E-state index contributed by atoms with van der Waals surface area (Å²) in [7, 11) is 1.51. The summed E-state index contributed by atoms with van der Waals surface area (Å²) < 4.78 is 17.0. The molecule has 3 fully saturated rings. The third-order valence-electron chi connectivity index (χ3n) is 11.8. The third-order valence-corrected chi connectivity index (χ3v) is 11.8. The molecule has 14 heteroatoms. The van der Waals surface area contributed by atoms with Crippen molar-refractivity contribution in [3.8, 4) is 11.5 Å². The van der Waals surface area contributed by atoms with Gasteiger partial charge in [-0.2, -0.15) is 0 Å². The molecule has 2 bridgehead atoms. The average Bonchev–Trinajstić information content (AvgIpc) is 3.87. The van der Waals surface area contributed by atoms with Gasteiger partial charge in [-0.3, -0.25) is 24.1 Å². The standard InChI is InChI=1S/C38H57N5O9/c1-39-30(45)21-50-22-31(46)40-16-7-5-3-2-4-6-8-17-41-32(47)23-51-24-33(48)42-27-13-14-38(49)29-19-26-11-12-28(44)35-34(26)37(38,36(27)52-35)15-18-43(29)20-25-9-10-25/h11-12,25,27,29,36,44,49H,2-10,13-24H2,1H3,(H,39,45)(H,40,46)(H,41,47)(H,42,48)/t27-,29-,36+,37+,38-/m1/s1. The predicted octanol–water partition coefficient (Wildman–Crippen LogP) is 1.18. The Kier molecular flexibility index (Phi) is 12.6. The molecule has 5 atom stereocenters. The number of likely N-dealkylation sites (N-methyl/N-ethyl adjacent to an activating group) is 1. The number of nitrogens with zero attached hydrogens (tertiary/aromatic N) is 1. The van der Waals surface area contributed by atoms with Crippen LogP contribution in [0.2, 0.25) is 0 Å². The van der Waals surface area contributed by atoms with E-state index in [1.165, 1.54) is 19.9 Å². The van der Waals surface area contributed by atoms with Crippen LogP contribution >= 0.6 is 0 Å². The van der Waals surface area contributed by atoms with E-state index in [0.29, 0.717) is 44.0 Å². The van der Waals surface area contributed by atoms with Crippen LogP contribution < -0.4 is 26.0 Å². The lowest BCUT2D eigenvalue weighted by molar-refractivity contribution is -0.192. The molecule has 0 unspecified atom stereocenters. The average molecular weight is 728 g/mol. The maximum Gasteiger partial charge on any atom is 0.246 e. The van der Waals surface area contributed by atoms with Crippen LogP contribution in [0.4, 0.5) is 0 Å². The summed E-state index contributed by atoms with van der Waals surface area (Å²) in [6.07, 6.45) is 11.4. The molecule has 1 spiro atoms. The quantitative estimate of drug-likeness (QED) is 0.101. The highest BCUT2D eigenvalue weighted by Gasteiger charge is 2.73. The Morgan fingerprint density at radius 1 is 0.846 bits per heavy atom. The molecule has 4 amide bonds. The number of benzene rings is 1. The molecule has 2 heterocycles. The van der Waals surface area contributed by atoms with Crippen LogP contribution in [0.1, 0.15) is 88.2 Å². The number of hydrogen-bond acceptors (Lipinski definition) is 10. The van der Waals surface area contributed by atoms with Gasteiger partial charge in [-0.05, 0) is 75.5 Å². The molecule has 288 valence electrons. The SMILES string of the molecule is CNC(=O)COCC(=O)NCCCCCCCCCNC(=O)COCC(=O)N[C@@H]1CC[C@@]2(O)[C@H]3Cc4ccc(O)c5c4[C@@]2(CCN3CC2CC2)[C@H]1O5. The molecule has 5 aliphatic rings. The predicted molar refractivity (Wildman–Crippen MR) is 191 cm³/mol. The molecule has 14 nitrogen and oxygen atoms in total. The summed E-state index contributed by atoms with van der Waals surface area (Å²) in [5.74, 6) is 0.136. The number of likely N-dealkylation sites (tertiary alicyclic amines) is 1. The van der Waals surface area contributed by atoms with Gasteiger partial charge in [0.15, 0.2) is 11.5 Å². The van der Waals surface area contributed by atoms with Gasteiger partial charge in [-0.15, -0.1) is 0 Å². The number of carbonyl (C=O) groups is 4. The van der Waals surface area contributed by atoms with E-state index in [0.717, 1.165) is 75.6 Å². The summed E-state index contributed by atoms with van der Waals surface area (Å²) in [5.41, 5.74) is 0.324. The summed E-state index contributed by atoms with van der Waals surface area (Å²) >= 11 is 0. The summed E-state index contributed by atoms with van der Waals surface area (Å²) in [6, 6.07) is 3.27. The van der Waals surface area contributed by atoms with Crippen LogP contribution in [0.25, 0.3) is 0 Å². The second kappa shape index (κ2) is 17.1. The largest absolute Gasteiger partial charge is 0.504 e.